The second kappa shape index (κ2) is 41.6. The summed E-state index contributed by atoms with van der Waals surface area (Å²) in [5.41, 5.74) is 10.9. The summed E-state index contributed by atoms with van der Waals surface area (Å²) >= 11 is 0. The van der Waals surface area contributed by atoms with E-state index in [1.165, 1.54) is 310 Å². The predicted octanol–water partition coefficient (Wildman–Crippen LogP) is 20.5. The zero-order chi connectivity index (χ0) is 78.4. The maximum atomic E-state index is 13.8. The highest BCUT2D eigenvalue weighted by Gasteiger charge is 2.61. The standard InChI is InChI=1S/C54H95N5O2.C45H80N4O2/c1-42(2)17-12-18-43(3)47-23-24-48-46-22-21-44-41-45(25-28-53(44,4)49(46)26-29-54(47,48)5)61-52(60)27-40-55(30-13-34-58-38-15-36-56-32-10-6-8-19-50(56)58)31-14-35-59-39-16-37-57-33-11-7-9-20-51(57)59;1-34(2)13-9-14-35(3)39-18-19-40-38-17-16-36-33-37(20-23-44(36,4)41(38)21-24-45(39,40)5)51-43(50)22-32-47(26-10-25-46)27-11-29-49-31-12-30-48-28-8-6-7-15-42(48)49/h21,42-43,45-51H,6-20,22-41H2,1-5H3;16,34-35,37-42H,6-15,17-33,46H2,1-5H3/t43-,45+,46+,47-,48+,49+,50?,51?,53+,54-;35-,37+,38+,39-,40+,41+,42?,44+,45-/m11/s1. The molecule has 14 rings (SSSR count). The summed E-state index contributed by atoms with van der Waals surface area (Å²) in [4.78, 5) is 48.9. The van der Waals surface area contributed by atoms with E-state index in [-0.39, 0.29) is 24.1 Å². The topological polar surface area (TPSA) is 105 Å². The Bertz CT molecular complexity index is 2900. The monoisotopic (exact) mass is 1550 g/mol. The molecular weight excluding hydrogens is 1380 g/mol. The molecule has 6 aliphatic heterocycles. The van der Waals surface area contributed by atoms with Gasteiger partial charge in [-0.15, -0.1) is 0 Å². The fourth-order valence-electron chi connectivity index (χ4n) is 29.1. The molecule has 0 amide bonds. The molecule has 2 N–H and O–H groups in total. The molecule has 0 bridgehead atoms. The molecule has 0 aromatic carbocycles. The molecule has 0 radical (unpaired) electrons. The molecule has 6 saturated carbocycles. The Labute approximate surface area is 688 Å². The number of nitrogens with zero attached hydrogens (tertiary/aromatic N) is 8. The van der Waals surface area contributed by atoms with Gasteiger partial charge in [0.05, 0.1) is 31.3 Å². The molecule has 19 atom stereocenters. The largest absolute Gasteiger partial charge is 0.462 e. The first kappa shape index (κ1) is 87.9. The fraction of sp³-hybridized carbons (Fsp3) is 0.939. The number of hydrogen-bond acceptors (Lipinski definition) is 13. The van der Waals surface area contributed by atoms with Crippen molar-refractivity contribution in [2.75, 3.05) is 124 Å². The van der Waals surface area contributed by atoms with Gasteiger partial charge in [-0.05, 0) is 318 Å². The number of nitrogens with two attached hydrogens (primary N) is 1. The number of carbonyl (C=O) groups is 2. The summed E-state index contributed by atoms with van der Waals surface area (Å²) < 4.78 is 12.7. The summed E-state index contributed by atoms with van der Waals surface area (Å²) in [6.45, 7) is 47.0. The number of fused-ring (bicyclic) bond motifs is 13. The number of rotatable bonds is 33. The smallest absolute Gasteiger partial charge is 0.307 e. The van der Waals surface area contributed by atoms with Crippen molar-refractivity contribution in [1.82, 2.24) is 39.2 Å². The van der Waals surface area contributed by atoms with Crippen LogP contribution in [0.15, 0.2) is 23.3 Å². The summed E-state index contributed by atoms with van der Waals surface area (Å²) in [5.74, 6) is 10.4. The zero-order valence-corrected chi connectivity index (χ0v) is 74.6. The predicted molar refractivity (Wildman–Crippen MR) is 466 cm³/mol. The quantitative estimate of drug-likeness (QED) is 0.0499. The first-order valence-electron chi connectivity index (χ1n) is 49.6. The van der Waals surface area contributed by atoms with Crippen LogP contribution in [0.3, 0.4) is 0 Å². The van der Waals surface area contributed by atoms with Gasteiger partial charge >= 0.3 is 11.9 Å². The van der Waals surface area contributed by atoms with Crippen molar-refractivity contribution in [3.8, 4) is 0 Å². The minimum atomic E-state index is 0.00806. The Morgan fingerprint density at radius 3 is 1.16 bits per heavy atom. The third kappa shape index (κ3) is 21.5. The van der Waals surface area contributed by atoms with Gasteiger partial charge in [-0.3, -0.25) is 39.0 Å². The van der Waals surface area contributed by atoms with Gasteiger partial charge < -0.3 is 25.0 Å². The van der Waals surface area contributed by atoms with Crippen molar-refractivity contribution in [3.63, 3.8) is 0 Å². The zero-order valence-electron chi connectivity index (χ0n) is 74.6. The van der Waals surface area contributed by atoms with Crippen LogP contribution in [-0.4, -0.2) is 206 Å². The Hall–Kier alpha value is -1.94. The Kier molecular flexibility index (Phi) is 32.6. The van der Waals surface area contributed by atoms with Crippen LogP contribution in [0.5, 0.6) is 0 Å². The van der Waals surface area contributed by atoms with Gasteiger partial charge in [0.2, 0.25) is 0 Å². The molecule has 8 aliphatic carbocycles. The molecule has 0 aromatic rings. The van der Waals surface area contributed by atoms with Crippen molar-refractivity contribution in [1.29, 1.82) is 0 Å². The van der Waals surface area contributed by atoms with E-state index in [0.29, 0.717) is 59.5 Å². The molecule has 3 unspecified atom stereocenters. The molecule has 640 valence electrons. The van der Waals surface area contributed by atoms with Gasteiger partial charge in [-0.2, -0.15) is 0 Å². The van der Waals surface area contributed by atoms with E-state index in [0.717, 1.165) is 142 Å². The van der Waals surface area contributed by atoms with E-state index in [9.17, 15) is 9.59 Å². The van der Waals surface area contributed by atoms with Crippen molar-refractivity contribution in [2.24, 2.45) is 98.4 Å². The van der Waals surface area contributed by atoms with Gasteiger partial charge in [0.1, 0.15) is 12.2 Å². The van der Waals surface area contributed by atoms with Crippen LogP contribution in [0.25, 0.3) is 0 Å². The van der Waals surface area contributed by atoms with Crippen molar-refractivity contribution < 1.29 is 19.1 Å². The molecule has 112 heavy (non-hydrogen) atoms. The van der Waals surface area contributed by atoms with Crippen LogP contribution < -0.4 is 5.73 Å². The average Bonchev–Trinajstić information content (AvgIpc) is 1.13. The normalized spacial score (nSPS) is 36.9. The maximum Gasteiger partial charge on any atom is 0.307 e. The lowest BCUT2D eigenvalue weighted by molar-refractivity contribution is -0.152. The summed E-state index contributed by atoms with van der Waals surface area (Å²) in [5, 5.41) is 0. The van der Waals surface area contributed by atoms with Crippen LogP contribution in [0, 0.1) is 92.7 Å². The molecule has 14 aliphatic rings. The first-order valence-corrected chi connectivity index (χ1v) is 49.6. The second-order valence-electron chi connectivity index (χ2n) is 42.9. The lowest BCUT2D eigenvalue weighted by Crippen LogP contribution is -2.54. The number of allylic oxidation sites excluding steroid dienone is 2. The molecule has 13 nitrogen and oxygen atoms in total. The highest BCUT2D eigenvalue weighted by atomic mass is 16.5. The minimum absolute atomic E-state index is 0.00806. The Morgan fingerprint density at radius 2 is 0.786 bits per heavy atom. The van der Waals surface area contributed by atoms with Gasteiger partial charge in [0.25, 0.3) is 0 Å². The van der Waals surface area contributed by atoms with Gasteiger partial charge in [-0.1, -0.05) is 170 Å². The molecule has 0 aromatic heterocycles. The van der Waals surface area contributed by atoms with E-state index in [1.54, 1.807) is 11.1 Å². The van der Waals surface area contributed by atoms with E-state index >= 15 is 0 Å². The SMILES string of the molecule is CC(C)CCC[C@@H](C)[C@H]1CC[C@H]2[C@@H]3CC=C4C[C@@H](OC(=O)CCN(CCCN)CCCN5CCCN6CCCCCC65)CC[C@]4(C)[C@H]3CC[C@]12C.CC(C)CCC[C@@H](C)[C@H]1CC[C@H]2[C@@H]3CC=C4C[C@@H](OC(=O)CCN(CCCN5CCCN6CCCCCC65)CCCN5CCCN6CCCCCC65)CC[C@]4(C)[C@H]3CC[C@]12C. The lowest BCUT2D eigenvalue weighted by Gasteiger charge is -2.58. The van der Waals surface area contributed by atoms with E-state index < -0.39 is 0 Å². The highest BCUT2D eigenvalue weighted by Crippen LogP contribution is 2.69. The third-order valence-electron chi connectivity index (χ3n) is 35.2. The lowest BCUT2D eigenvalue weighted by atomic mass is 9.47. The molecule has 0 spiro atoms. The van der Waals surface area contributed by atoms with Gasteiger partial charge in [-0.25, -0.2) is 0 Å². The average molecular weight is 1560 g/mol. The highest BCUT2D eigenvalue weighted by molar-refractivity contribution is 5.70. The minimum Gasteiger partial charge on any atom is -0.462 e. The summed E-state index contributed by atoms with van der Waals surface area (Å²) in [7, 11) is 0. The third-order valence-corrected chi connectivity index (χ3v) is 35.2. The Balaban J connectivity index is 0.000000199. The molecule has 13 heteroatoms. The number of hydrogen-bond donors (Lipinski definition) is 1. The van der Waals surface area contributed by atoms with E-state index in [4.69, 9.17) is 15.2 Å². The molecule has 6 saturated heterocycles. The van der Waals surface area contributed by atoms with Gasteiger partial charge in [0, 0.05) is 84.8 Å². The summed E-state index contributed by atoms with van der Waals surface area (Å²) in [6.07, 6.45) is 62.4. The number of esters is 2. The van der Waals surface area contributed by atoms with E-state index in [2.05, 4.69) is 121 Å². The maximum absolute atomic E-state index is 13.8. The number of ether oxygens (including phenoxy) is 2. The van der Waals surface area contributed by atoms with E-state index in [1.807, 2.05) is 0 Å². The second-order valence-corrected chi connectivity index (χ2v) is 42.9. The Morgan fingerprint density at radius 1 is 0.411 bits per heavy atom. The summed E-state index contributed by atoms with van der Waals surface area (Å²) in [6, 6.07) is 0. The van der Waals surface area contributed by atoms with Crippen LogP contribution in [0.4, 0.5) is 0 Å². The van der Waals surface area contributed by atoms with Crippen molar-refractivity contribution >= 4 is 11.9 Å². The molecule has 12 fully saturated rings. The molecule has 6 heterocycles. The van der Waals surface area contributed by atoms with Gasteiger partial charge in [0.15, 0.2) is 0 Å². The van der Waals surface area contributed by atoms with Crippen molar-refractivity contribution in [2.45, 2.75) is 376 Å². The van der Waals surface area contributed by atoms with Crippen LogP contribution in [0.1, 0.15) is 345 Å². The van der Waals surface area contributed by atoms with Crippen LogP contribution in [-0.2, 0) is 19.1 Å². The van der Waals surface area contributed by atoms with Crippen LogP contribution in [0.2, 0.25) is 0 Å². The molecular formula is C99H175N9O4. The van der Waals surface area contributed by atoms with Crippen LogP contribution >= 0.6 is 0 Å². The number of carbonyl (C=O) groups excluding carboxylic acids is 2. The fourth-order valence-corrected chi connectivity index (χ4v) is 29.1. The van der Waals surface area contributed by atoms with Crippen molar-refractivity contribution in [3.05, 3.63) is 23.3 Å². The first-order chi connectivity index (χ1) is 54.2.